The number of benzene rings is 2. The number of sulfonamides is 1. The fourth-order valence-corrected chi connectivity index (χ4v) is 2.53. The van der Waals surface area contributed by atoms with Gasteiger partial charge >= 0.3 is 0 Å². The molecule has 5 nitrogen and oxygen atoms in total. The zero-order valence-corrected chi connectivity index (χ0v) is 12.5. The standard InChI is InChI=1S/C16H14N2O3S/c17-11-12-21-16-8-6-15(7-9-16)18-22(19,20)13-10-14-4-2-1-3-5-14/h1-10,13,18H,12H2/b13-10+. The molecule has 0 aliphatic rings. The SMILES string of the molecule is N#CCOc1ccc(NS(=O)(=O)/C=C/c2ccccc2)cc1. The normalized spacial score (nSPS) is 11.0. The summed E-state index contributed by atoms with van der Waals surface area (Å²) in [4.78, 5) is 0. The van der Waals surface area contributed by atoms with E-state index in [1.54, 1.807) is 24.3 Å². The van der Waals surface area contributed by atoms with Gasteiger partial charge in [0.1, 0.15) is 11.8 Å². The number of nitriles is 1. The zero-order chi connectivity index (χ0) is 15.8. The number of hydrogen-bond donors (Lipinski definition) is 1. The molecule has 0 aliphatic carbocycles. The number of hydrogen-bond acceptors (Lipinski definition) is 4. The minimum absolute atomic E-state index is 0.0507. The van der Waals surface area contributed by atoms with Gasteiger partial charge in [-0.3, -0.25) is 4.72 Å². The smallest absolute Gasteiger partial charge is 0.255 e. The van der Waals surface area contributed by atoms with Crippen molar-refractivity contribution in [3.63, 3.8) is 0 Å². The Hall–Kier alpha value is -2.78. The molecule has 0 saturated carbocycles. The number of nitrogens with one attached hydrogen (secondary N) is 1. The average Bonchev–Trinajstić information content (AvgIpc) is 2.53. The summed E-state index contributed by atoms with van der Waals surface area (Å²) in [6.45, 7) is -0.0507. The highest BCUT2D eigenvalue weighted by molar-refractivity contribution is 7.95. The lowest BCUT2D eigenvalue weighted by Crippen LogP contribution is -2.08. The van der Waals surface area contributed by atoms with Crippen molar-refractivity contribution in [2.75, 3.05) is 11.3 Å². The molecule has 0 heterocycles. The number of rotatable bonds is 6. The van der Waals surface area contributed by atoms with Crippen LogP contribution in [0.25, 0.3) is 6.08 Å². The Kier molecular flexibility index (Phi) is 5.17. The predicted molar refractivity (Wildman–Crippen MR) is 85.6 cm³/mol. The third-order valence-electron chi connectivity index (χ3n) is 2.66. The molecule has 2 aromatic rings. The van der Waals surface area contributed by atoms with Crippen LogP contribution >= 0.6 is 0 Å². The van der Waals surface area contributed by atoms with Crippen LogP contribution in [-0.2, 0) is 10.0 Å². The van der Waals surface area contributed by atoms with Crippen molar-refractivity contribution < 1.29 is 13.2 Å². The molecule has 2 rings (SSSR count). The summed E-state index contributed by atoms with van der Waals surface area (Å²) in [5, 5.41) is 9.53. The van der Waals surface area contributed by atoms with E-state index in [2.05, 4.69) is 4.72 Å². The van der Waals surface area contributed by atoms with Crippen molar-refractivity contribution in [3.8, 4) is 11.8 Å². The van der Waals surface area contributed by atoms with Crippen LogP contribution in [0.3, 0.4) is 0 Å². The van der Waals surface area contributed by atoms with E-state index in [4.69, 9.17) is 10.00 Å². The largest absolute Gasteiger partial charge is 0.479 e. The minimum atomic E-state index is -3.59. The van der Waals surface area contributed by atoms with Gasteiger partial charge in [-0.25, -0.2) is 8.42 Å². The van der Waals surface area contributed by atoms with Crippen molar-refractivity contribution >= 4 is 21.8 Å². The van der Waals surface area contributed by atoms with Crippen molar-refractivity contribution in [3.05, 3.63) is 65.6 Å². The highest BCUT2D eigenvalue weighted by Gasteiger charge is 2.05. The summed E-state index contributed by atoms with van der Waals surface area (Å²) in [6, 6.07) is 17.3. The Labute approximate surface area is 129 Å². The molecule has 0 fully saturated rings. The minimum Gasteiger partial charge on any atom is -0.479 e. The highest BCUT2D eigenvalue weighted by Crippen LogP contribution is 2.17. The van der Waals surface area contributed by atoms with Gasteiger partial charge in [-0.15, -0.1) is 0 Å². The maximum Gasteiger partial charge on any atom is 0.255 e. The molecule has 0 atom stereocenters. The molecular weight excluding hydrogens is 300 g/mol. The molecular formula is C16H14N2O3S. The van der Waals surface area contributed by atoms with Crippen LogP contribution in [0.1, 0.15) is 5.56 Å². The van der Waals surface area contributed by atoms with E-state index in [0.29, 0.717) is 11.4 Å². The summed E-state index contributed by atoms with van der Waals surface area (Å²) in [7, 11) is -3.59. The Morgan fingerprint density at radius 2 is 1.77 bits per heavy atom. The molecule has 1 N–H and O–H groups in total. The Bertz CT molecular complexity index is 776. The Balaban J connectivity index is 2.02. The summed E-state index contributed by atoms with van der Waals surface area (Å²) in [5.74, 6) is 0.504. The maximum atomic E-state index is 12.0. The second kappa shape index (κ2) is 7.29. The van der Waals surface area contributed by atoms with E-state index in [1.807, 2.05) is 36.4 Å². The summed E-state index contributed by atoms with van der Waals surface area (Å²) in [5.41, 5.74) is 1.22. The molecule has 0 aliphatic heterocycles. The Morgan fingerprint density at radius 1 is 1.09 bits per heavy atom. The van der Waals surface area contributed by atoms with Crippen LogP contribution in [0.2, 0.25) is 0 Å². The van der Waals surface area contributed by atoms with Gasteiger partial charge in [-0.05, 0) is 35.9 Å². The van der Waals surface area contributed by atoms with Gasteiger partial charge < -0.3 is 4.74 Å². The fraction of sp³-hybridized carbons (Fsp3) is 0.0625. The quantitative estimate of drug-likeness (QED) is 0.889. The molecule has 0 amide bonds. The molecule has 0 radical (unpaired) electrons. The topological polar surface area (TPSA) is 79.2 Å². The van der Waals surface area contributed by atoms with Gasteiger partial charge in [0, 0.05) is 5.69 Å². The van der Waals surface area contributed by atoms with Crippen LogP contribution in [0, 0.1) is 11.3 Å². The molecule has 0 saturated heterocycles. The zero-order valence-electron chi connectivity index (χ0n) is 11.6. The number of anilines is 1. The first-order chi connectivity index (χ1) is 10.6. The van der Waals surface area contributed by atoms with Crippen molar-refractivity contribution in [2.45, 2.75) is 0 Å². The van der Waals surface area contributed by atoms with E-state index in [9.17, 15) is 8.42 Å². The van der Waals surface area contributed by atoms with E-state index in [1.165, 1.54) is 6.08 Å². The fourth-order valence-electron chi connectivity index (χ4n) is 1.67. The van der Waals surface area contributed by atoms with Gasteiger partial charge in [0.15, 0.2) is 6.61 Å². The molecule has 112 valence electrons. The first kappa shape index (κ1) is 15.6. The molecule has 6 heteroatoms. The van der Waals surface area contributed by atoms with Gasteiger partial charge in [0.25, 0.3) is 10.0 Å². The van der Waals surface area contributed by atoms with Crippen molar-refractivity contribution in [1.29, 1.82) is 5.26 Å². The van der Waals surface area contributed by atoms with Crippen LogP contribution in [0.5, 0.6) is 5.75 Å². The lowest BCUT2D eigenvalue weighted by molar-refractivity contribution is 0.368. The van der Waals surface area contributed by atoms with Gasteiger partial charge in [0.05, 0.1) is 5.41 Å². The Morgan fingerprint density at radius 3 is 2.41 bits per heavy atom. The van der Waals surface area contributed by atoms with Gasteiger partial charge in [-0.1, -0.05) is 30.3 Å². The van der Waals surface area contributed by atoms with Crippen LogP contribution in [-0.4, -0.2) is 15.0 Å². The van der Waals surface area contributed by atoms with Crippen molar-refractivity contribution in [2.24, 2.45) is 0 Å². The molecule has 2 aromatic carbocycles. The predicted octanol–water partition coefficient (Wildman–Crippen LogP) is 3.00. The summed E-state index contributed by atoms with van der Waals surface area (Å²) in [6.07, 6.45) is 1.52. The first-order valence-electron chi connectivity index (χ1n) is 6.45. The van der Waals surface area contributed by atoms with Crippen molar-refractivity contribution in [1.82, 2.24) is 0 Å². The van der Waals surface area contributed by atoms with Crippen LogP contribution < -0.4 is 9.46 Å². The lowest BCUT2D eigenvalue weighted by Gasteiger charge is -2.06. The molecule has 0 spiro atoms. The second-order valence-electron chi connectivity index (χ2n) is 4.33. The maximum absolute atomic E-state index is 12.0. The van der Waals surface area contributed by atoms with E-state index in [0.717, 1.165) is 11.0 Å². The average molecular weight is 314 g/mol. The second-order valence-corrected chi connectivity index (χ2v) is 5.90. The molecule has 0 aromatic heterocycles. The molecule has 0 bridgehead atoms. The number of ether oxygens (including phenoxy) is 1. The third-order valence-corrected chi connectivity index (χ3v) is 3.67. The summed E-state index contributed by atoms with van der Waals surface area (Å²) >= 11 is 0. The molecule has 22 heavy (non-hydrogen) atoms. The van der Waals surface area contributed by atoms with E-state index in [-0.39, 0.29) is 6.61 Å². The highest BCUT2D eigenvalue weighted by atomic mass is 32.2. The van der Waals surface area contributed by atoms with Gasteiger partial charge in [-0.2, -0.15) is 5.26 Å². The van der Waals surface area contributed by atoms with E-state index >= 15 is 0 Å². The summed E-state index contributed by atoms with van der Waals surface area (Å²) < 4.78 is 31.4. The van der Waals surface area contributed by atoms with Gasteiger partial charge in [0.2, 0.25) is 0 Å². The molecule has 0 unspecified atom stereocenters. The first-order valence-corrected chi connectivity index (χ1v) is 7.99. The number of nitrogens with zero attached hydrogens (tertiary/aromatic N) is 1. The lowest BCUT2D eigenvalue weighted by atomic mass is 10.2. The van der Waals surface area contributed by atoms with Crippen LogP contribution in [0.15, 0.2) is 60.0 Å². The van der Waals surface area contributed by atoms with E-state index < -0.39 is 10.0 Å². The van der Waals surface area contributed by atoms with Crippen LogP contribution in [0.4, 0.5) is 5.69 Å². The third kappa shape index (κ3) is 4.96. The monoisotopic (exact) mass is 314 g/mol.